The van der Waals surface area contributed by atoms with Crippen molar-refractivity contribution in [2.45, 2.75) is 58.5 Å². The van der Waals surface area contributed by atoms with E-state index in [2.05, 4.69) is 18.0 Å². The largest absolute Gasteiger partial charge is 0.384 e. The number of nitrogens with zero attached hydrogens (tertiary/aromatic N) is 2. The van der Waals surface area contributed by atoms with E-state index in [0.29, 0.717) is 5.01 Å². The Morgan fingerprint density at radius 2 is 2.26 bits per heavy atom. The average molecular weight is 278 g/mol. The lowest BCUT2D eigenvalue weighted by Gasteiger charge is -2.37. The second-order valence-electron chi connectivity index (χ2n) is 5.73. The Kier molecular flexibility index (Phi) is 4.59. The van der Waals surface area contributed by atoms with Crippen molar-refractivity contribution in [2.75, 3.05) is 0 Å². The van der Waals surface area contributed by atoms with Crippen molar-refractivity contribution in [1.29, 1.82) is 5.26 Å². The number of hydrogen-bond donors (Lipinski definition) is 1. The third kappa shape index (κ3) is 2.98. The minimum absolute atomic E-state index is 0.617. The Morgan fingerprint density at radius 1 is 1.58 bits per heavy atom. The number of aliphatic hydroxyl groups excluding tert-OH is 1. The molecule has 1 aliphatic rings. The first-order valence-corrected chi connectivity index (χ1v) is 8.00. The van der Waals surface area contributed by atoms with Gasteiger partial charge in [-0.25, -0.2) is 4.98 Å². The summed E-state index contributed by atoms with van der Waals surface area (Å²) in [6.45, 7) is 4.13. The molecule has 3 nitrogen and oxygen atoms in total. The summed E-state index contributed by atoms with van der Waals surface area (Å²) in [6.07, 6.45) is 5.44. The fraction of sp³-hybridized carbons (Fsp3) is 0.733. The minimum Gasteiger partial charge on any atom is -0.384 e. The molecular formula is C15H22N2OS. The Labute approximate surface area is 119 Å². The molecule has 2 rings (SSSR count). The molecule has 104 valence electrons. The summed E-state index contributed by atoms with van der Waals surface area (Å²) in [5, 5.41) is 22.8. The Hall–Kier alpha value is -0.920. The zero-order valence-corrected chi connectivity index (χ0v) is 12.5. The molecule has 1 heterocycles. The number of aliphatic hydroxyl groups is 1. The highest BCUT2D eigenvalue weighted by Gasteiger charge is 2.43. The predicted octanol–water partition coefficient (Wildman–Crippen LogP) is 3.99. The van der Waals surface area contributed by atoms with Gasteiger partial charge in [-0.1, -0.05) is 19.8 Å². The molecule has 0 bridgehead atoms. The fourth-order valence-corrected chi connectivity index (χ4v) is 3.97. The van der Waals surface area contributed by atoms with E-state index < -0.39 is 11.5 Å². The summed E-state index contributed by atoms with van der Waals surface area (Å²) in [5.41, 5.74) is 0.306. The second-order valence-corrected chi connectivity index (χ2v) is 6.62. The number of rotatable bonds is 4. The van der Waals surface area contributed by atoms with Crippen molar-refractivity contribution in [2.24, 2.45) is 11.3 Å². The van der Waals surface area contributed by atoms with Gasteiger partial charge < -0.3 is 5.11 Å². The molecule has 1 aliphatic carbocycles. The molecule has 1 unspecified atom stereocenters. The molecule has 0 radical (unpaired) electrons. The van der Waals surface area contributed by atoms with Crippen LogP contribution in [-0.2, 0) is 0 Å². The molecule has 0 saturated heterocycles. The highest BCUT2D eigenvalue weighted by atomic mass is 32.1. The van der Waals surface area contributed by atoms with Gasteiger partial charge in [0.1, 0.15) is 11.1 Å². The van der Waals surface area contributed by atoms with Crippen LogP contribution in [0.2, 0.25) is 0 Å². The molecule has 0 amide bonds. The van der Waals surface area contributed by atoms with Crippen LogP contribution < -0.4 is 0 Å². The maximum absolute atomic E-state index is 10.6. The molecule has 0 spiro atoms. The van der Waals surface area contributed by atoms with E-state index in [1.807, 2.05) is 12.3 Å². The van der Waals surface area contributed by atoms with Crippen LogP contribution in [0.5, 0.6) is 0 Å². The van der Waals surface area contributed by atoms with Gasteiger partial charge >= 0.3 is 0 Å². The van der Waals surface area contributed by atoms with Crippen molar-refractivity contribution in [3.05, 3.63) is 16.1 Å². The van der Waals surface area contributed by atoms with E-state index in [1.54, 1.807) is 0 Å². The molecule has 1 saturated carbocycles. The van der Waals surface area contributed by atoms with Crippen LogP contribution in [0.4, 0.5) is 0 Å². The first-order valence-electron chi connectivity index (χ1n) is 7.12. The fourth-order valence-electron chi connectivity index (χ4n) is 3.07. The van der Waals surface area contributed by atoms with Crippen molar-refractivity contribution < 1.29 is 5.11 Å². The van der Waals surface area contributed by atoms with Crippen LogP contribution in [0.3, 0.4) is 0 Å². The summed E-state index contributed by atoms with van der Waals surface area (Å²) in [6, 6.07) is 2.40. The highest BCUT2D eigenvalue weighted by Crippen LogP contribution is 2.48. The predicted molar refractivity (Wildman–Crippen MR) is 76.7 cm³/mol. The van der Waals surface area contributed by atoms with E-state index >= 15 is 0 Å². The molecule has 4 heteroatoms. The van der Waals surface area contributed by atoms with Crippen LogP contribution in [0.15, 0.2) is 5.38 Å². The standard InChI is InChI=1S/C15H22N2OS/c1-3-4-12-5-7-15(10-16,8-6-12)13(18)14-17-11(2)9-19-14/h9,12-13,18H,3-8H2,1-2H3. The zero-order chi connectivity index (χ0) is 13.9. The van der Waals surface area contributed by atoms with Gasteiger partial charge in [-0.2, -0.15) is 5.26 Å². The third-order valence-corrected chi connectivity index (χ3v) is 5.33. The molecule has 19 heavy (non-hydrogen) atoms. The van der Waals surface area contributed by atoms with Crippen molar-refractivity contribution in [1.82, 2.24) is 4.98 Å². The first-order chi connectivity index (χ1) is 9.11. The zero-order valence-electron chi connectivity index (χ0n) is 11.7. The van der Waals surface area contributed by atoms with Crippen molar-refractivity contribution in [3.8, 4) is 6.07 Å². The number of aryl methyl sites for hydroxylation is 1. The molecule has 1 N–H and O–H groups in total. The maximum Gasteiger partial charge on any atom is 0.124 e. The topological polar surface area (TPSA) is 56.9 Å². The smallest absolute Gasteiger partial charge is 0.124 e. The number of nitriles is 1. The second kappa shape index (κ2) is 6.02. The summed E-state index contributed by atoms with van der Waals surface area (Å²) in [5.74, 6) is 0.733. The van der Waals surface area contributed by atoms with Gasteiger partial charge in [-0.15, -0.1) is 11.3 Å². The van der Waals surface area contributed by atoms with Crippen molar-refractivity contribution in [3.63, 3.8) is 0 Å². The van der Waals surface area contributed by atoms with E-state index in [1.165, 1.54) is 24.2 Å². The number of aromatic nitrogens is 1. The summed E-state index contributed by atoms with van der Waals surface area (Å²) in [7, 11) is 0. The minimum atomic E-state index is -0.723. The van der Waals surface area contributed by atoms with E-state index in [-0.39, 0.29) is 0 Å². The van der Waals surface area contributed by atoms with Crippen molar-refractivity contribution >= 4 is 11.3 Å². The Bertz CT molecular complexity index is 455. The molecule has 1 fully saturated rings. The van der Waals surface area contributed by atoms with Crippen LogP contribution in [0, 0.1) is 29.6 Å². The lowest BCUT2D eigenvalue weighted by molar-refractivity contribution is 0.0234. The molecule has 1 aromatic heterocycles. The molecule has 1 aromatic rings. The quantitative estimate of drug-likeness (QED) is 0.906. The van der Waals surface area contributed by atoms with Gasteiger partial charge in [0.25, 0.3) is 0 Å². The van der Waals surface area contributed by atoms with E-state index in [0.717, 1.165) is 37.3 Å². The SMILES string of the molecule is CCCC1CCC(C#N)(C(O)c2nc(C)cs2)CC1. The van der Waals surface area contributed by atoms with Gasteiger partial charge in [0.05, 0.1) is 11.5 Å². The first kappa shape index (κ1) is 14.5. The Balaban J connectivity index is 2.10. The number of thiazole rings is 1. The monoisotopic (exact) mass is 278 g/mol. The van der Waals surface area contributed by atoms with Crippen LogP contribution in [-0.4, -0.2) is 10.1 Å². The van der Waals surface area contributed by atoms with Gasteiger partial charge in [0.15, 0.2) is 0 Å². The van der Waals surface area contributed by atoms with Crippen LogP contribution >= 0.6 is 11.3 Å². The molecular weight excluding hydrogens is 256 g/mol. The van der Waals surface area contributed by atoms with Crippen LogP contribution in [0.25, 0.3) is 0 Å². The maximum atomic E-state index is 10.6. The van der Waals surface area contributed by atoms with Crippen LogP contribution in [0.1, 0.15) is 62.3 Å². The van der Waals surface area contributed by atoms with E-state index in [9.17, 15) is 10.4 Å². The van der Waals surface area contributed by atoms with Gasteiger partial charge in [0, 0.05) is 11.1 Å². The average Bonchev–Trinajstić information content (AvgIpc) is 2.86. The van der Waals surface area contributed by atoms with E-state index in [4.69, 9.17) is 0 Å². The summed E-state index contributed by atoms with van der Waals surface area (Å²) < 4.78 is 0. The highest BCUT2D eigenvalue weighted by molar-refractivity contribution is 7.09. The summed E-state index contributed by atoms with van der Waals surface area (Å²) in [4.78, 5) is 4.35. The van der Waals surface area contributed by atoms with Gasteiger partial charge in [-0.3, -0.25) is 0 Å². The molecule has 0 aromatic carbocycles. The normalized spacial score (nSPS) is 28.8. The lowest BCUT2D eigenvalue weighted by atomic mass is 9.67. The van der Waals surface area contributed by atoms with Gasteiger partial charge in [0.2, 0.25) is 0 Å². The molecule has 0 aliphatic heterocycles. The summed E-state index contributed by atoms with van der Waals surface area (Å²) >= 11 is 1.46. The molecule has 1 atom stereocenters. The lowest BCUT2D eigenvalue weighted by Crippen LogP contribution is -2.32. The van der Waals surface area contributed by atoms with Gasteiger partial charge in [-0.05, 0) is 38.5 Å². The Morgan fingerprint density at radius 3 is 2.74 bits per heavy atom. The third-order valence-electron chi connectivity index (χ3n) is 4.31. The number of hydrogen-bond acceptors (Lipinski definition) is 4.